The van der Waals surface area contributed by atoms with Crippen LogP contribution in [0.2, 0.25) is 0 Å². The van der Waals surface area contributed by atoms with Gasteiger partial charge in [-0.3, -0.25) is 14.3 Å². The van der Waals surface area contributed by atoms with Gasteiger partial charge in [0.25, 0.3) is 5.91 Å². The van der Waals surface area contributed by atoms with Crippen molar-refractivity contribution in [3.8, 4) is 34.3 Å². The van der Waals surface area contributed by atoms with E-state index in [1.54, 1.807) is 64.2 Å². The Hall–Kier alpha value is -4.38. The minimum absolute atomic E-state index is 0.0912. The Morgan fingerprint density at radius 3 is 2.33 bits per heavy atom. The zero-order valence-electron chi connectivity index (χ0n) is 19.9. The van der Waals surface area contributed by atoms with Gasteiger partial charge in [0.05, 0.1) is 33.3 Å². The van der Waals surface area contributed by atoms with E-state index in [1.165, 1.54) is 11.8 Å². The molecular weight excluding hydrogens is 480 g/mol. The maximum absolute atomic E-state index is 12.4. The Bertz CT molecular complexity index is 1320. The molecule has 184 valence electrons. The predicted molar refractivity (Wildman–Crippen MR) is 137 cm³/mol. The molecule has 2 aromatic carbocycles. The molecule has 10 nitrogen and oxygen atoms in total. The zero-order valence-corrected chi connectivity index (χ0v) is 20.7. The summed E-state index contributed by atoms with van der Waals surface area (Å²) in [7, 11) is 4.66. The van der Waals surface area contributed by atoms with Crippen LogP contribution in [0.15, 0.2) is 77.2 Å². The predicted octanol–water partition coefficient (Wildman–Crippen LogP) is 3.60. The van der Waals surface area contributed by atoms with Crippen molar-refractivity contribution in [2.45, 2.75) is 5.16 Å². The normalized spacial score (nSPS) is 10.9. The smallest absolute Gasteiger partial charge is 0.250 e. The molecule has 4 rings (SSSR count). The number of amides is 1. The average molecular weight is 505 g/mol. The molecule has 2 aromatic heterocycles. The Labute approximate surface area is 212 Å². The van der Waals surface area contributed by atoms with Gasteiger partial charge in [0.1, 0.15) is 0 Å². The average Bonchev–Trinajstić information content (AvgIpc) is 3.36. The lowest BCUT2D eigenvalue weighted by Gasteiger charge is -2.15. The molecular formula is C25H24N6O4S. The van der Waals surface area contributed by atoms with Crippen LogP contribution in [0.25, 0.3) is 17.1 Å². The van der Waals surface area contributed by atoms with Crippen molar-refractivity contribution in [3.63, 3.8) is 0 Å². The van der Waals surface area contributed by atoms with E-state index in [-0.39, 0.29) is 11.7 Å². The lowest BCUT2D eigenvalue weighted by atomic mass is 10.1. The summed E-state index contributed by atoms with van der Waals surface area (Å²) < 4.78 is 18.3. The van der Waals surface area contributed by atoms with E-state index in [1.807, 2.05) is 34.9 Å². The number of aromatic nitrogens is 4. The Kier molecular flexibility index (Phi) is 8.14. The van der Waals surface area contributed by atoms with Crippen molar-refractivity contribution in [2.24, 2.45) is 5.10 Å². The number of nitrogens with one attached hydrogen (secondary N) is 1. The first-order valence-electron chi connectivity index (χ1n) is 10.8. The summed E-state index contributed by atoms with van der Waals surface area (Å²) in [6.45, 7) is 0. The maximum atomic E-state index is 12.4. The number of ether oxygens (including phenoxy) is 3. The number of methoxy groups -OCH3 is 3. The molecule has 0 saturated heterocycles. The number of thioether (sulfide) groups is 1. The molecule has 11 heteroatoms. The van der Waals surface area contributed by atoms with Crippen LogP contribution in [0.1, 0.15) is 5.56 Å². The van der Waals surface area contributed by atoms with Crippen molar-refractivity contribution in [1.82, 2.24) is 25.2 Å². The summed E-state index contributed by atoms with van der Waals surface area (Å²) in [4.78, 5) is 16.4. The van der Waals surface area contributed by atoms with E-state index in [9.17, 15) is 4.79 Å². The summed E-state index contributed by atoms with van der Waals surface area (Å²) in [5.74, 6) is 1.84. The van der Waals surface area contributed by atoms with Gasteiger partial charge in [-0.25, -0.2) is 5.43 Å². The minimum Gasteiger partial charge on any atom is -0.493 e. The lowest BCUT2D eigenvalue weighted by Crippen LogP contribution is -2.20. The number of carbonyl (C=O) groups excluding carboxylic acids is 1. The molecule has 0 aliphatic rings. The fraction of sp³-hybridized carbons (Fsp3) is 0.160. The van der Waals surface area contributed by atoms with E-state index >= 15 is 0 Å². The van der Waals surface area contributed by atoms with Gasteiger partial charge in [-0.2, -0.15) is 5.10 Å². The lowest BCUT2D eigenvalue weighted by molar-refractivity contribution is -0.118. The summed E-state index contributed by atoms with van der Waals surface area (Å²) in [5.41, 5.74) is 4.90. The summed E-state index contributed by atoms with van der Waals surface area (Å²) in [6.07, 6.45) is 4.86. The highest BCUT2D eigenvalue weighted by molar-refractivity contribution is 7.99. The third-order valence-electron chi connectivity index (χ3n) is 5.01. The first-order valence-corrected chi connectivity index (χ1v) is 11.8. The molecule has 0 fully saturated rings. The number of pyridine rings is 1. The molecule has 0 bridgehead atoms. The second kappa shape index (κ2) is 11.8. The first kappa shape index (κ1) is 24.7. The van der Waals surface area contributed by atoms with Crippen LogP contribution in [-0.2, 0) is 4.79 Å². The van der Waals surface area contributed by atoms with Crippen LogP contribution in [-0.4, -0.2) is 59.0 Å². The molecule has 0 radical (unpaired) electrons. The number of rotatable bonds is 10. The van der Waals surface area contributed by atoms with Crippen molar-refractivity contribution in [3.05, 3.63) is 72.6 Å². The fourth-order valence-corrected chi connectivity index (χ4v) is 4.11. The number of hydrogen-bond acceptors (Lipinski definition) is 9. The van der Waals surface area contributed by atoms with Crippen LogP contribution in [0.3, 0.4) is 0 Å². The van der Waals surface area contributed by atoms with Crippen LogP contribution in [0.5, 0.6) is 17.2 Å². The molecule has 0 aliphatic heterocycles. The highest BCUT2D eigenvalue weighted by Crippen LogP contribution is 2.41. The SMILES string of the molecule is COc1cc(-c2nnc(SCC(=O)N/N=C\c3ccncc3)n2-c2ccccc2)cc(OC)c1OC. The molecule has 36 heavy (non-hydrogen) atoms. The molecule has 0 atom stereocenters. The minimum atomic E-state index is -0.276. The van der Waals surface area contributed by atoms with Gasteiger partial charge in [-0.1, -0.05) is 30.0 Å². The van der Waals surface area contributed by atoms with Gasteiger partial charge in [-0.05, 0) is 42.0 Å². The van der Waals surface area contributed by atoms with Crippen LogP contribution in [0, 0.1) is 0 Å². The molecule has 2 heterocycles. The standard InChI is InChI=1S/C25H24N6O4S/c1-33-20-13-18(14-21(34-2)23(20)35-3)24-29-30-25(31(24)19-7-5-4-6-8-19)36-16-22(32)28-27-15-17-9-11-26-12-10-17/h4-15H,16H2,1-3H3,(H,28,32)/b27-15-. The largest absolute Gasteiger partial charge is 0.493 e. The fourth-order valence-electron chi connectivity index (χ4n) is 3.36. The number of para-hydroxylation sites is 1. The number of carbonyl (C=O) groups is 1. The van der Waals surface area contributed by atoms with Crippen molar-refractivity contribution in [1.29, 1.82) is 0 Å². The molecule has 1 N–H and O–H groups in total. The van der Waals surface area contributed by atoms with Crippen LogP contribution < -0.4 is 19.6 Å². The molecule has 0 saturated carbocycles. The topological polar surface area (TPSA) is 113 Å². The molecule has 0 spiro atoms. The highest BCUT2D eigenvalue weighted by atomic mass is 32.2. The third-order valence-corrected chi connectivity index (χ3v) is 5.94. The summed E-state index contributed by atoms with van der Waals surface area (Å²) in [6, 6.07) is 16.8. The Morgan fingerprint density at radius 1 is 1.00 bits per heavy atom. The maximum Gasteiger partial charge on any atom is 0.250 e. The number of hydrazone groups is 1. The molecule has 0 aliphatic carbocycles. The van der Waals surface area contributed by atoms with E-state index in [4.69, 9.17) is 14.2 Å². The van der Waals surface area contributed by atoms with Gasteiger partial charge in [0.15, 0.2) is 22.5 Å². The Balaban J connectivity index is 1.61. The Morgan fingerprint density at radius 2 is 1.69 bits per heavy atom. The number of benzene rings is 2. The third kappa shape index (κ3) is 5.63. The second-order valence-electron chi connectivity index (χ2n) is 7.25. The molecule has 0 unspecified atom stereocenters. The monoisotopic (exact) mass is 504 g/mol. The van der Waals surface area contributed by atoms with Gasteiger partial charge in [0, 0.05) is 23.6 Å². The second-order valence-corrected chi connectivity index (χ2v) is 8.20. The zero-order chi connectivity index (χ0) is 25.3. The van der Waals surface area contributed by atoms with Crippen molar-refractivity contribution in [2.75, 3.05) is 27.1 Å². The first-order chi connectivity index (χ1) is 17.6. The number of hydrogen-bond donors (Lipinski definition) is 1. The van der Waals surface area contributed by atoms with Crippen molar-refractivity contribution >= 4 is 23.9 Å². The summed E-state index contributed by atoms with van der Waals surface area (Å²) >= 11 is 1.25. The van der Waals surface area contributed by atoms with Gasteiger partial charge >= 0.3 is 0 Å². The molecule has 4 aromatic rings. The molecule has 1 amide bonds. The number of nitrogens with zero attached hydrogens (tertiary/aromatic N) is 5. The van der Waals surface area contributed by atoms with Gasteiger partial charge in [0.2, 0.25) is 5.75 Å². The highest BCUT2D eigenvalue weighted by Gasteiger charge is 2.21. The van der Waals surface area contributed by atoms with Crippen molar-refractivity contribution < 1.29 is 19.0 Å². The van der Waals surface area contributed by atoms with Crippen LogP contribution in [0.4, 0.5) is 0 Å². The van der Waals surface area contributed by atoms with E-state index < -0.39 is 0 Å². The van der Waals surface area contributed by atoms with Gasteiger partial charge < -0.3 is 14.2 Å². The quantitative estimate of drug-likeness (QED) is 0.198. The summed E-state index contributed by atoms with van der Waals surface area (Å²) in [5, 5.41) is 13.3. The van der Waals surface area contributed by atoms with E-state index in [0.717, 1.165) is 11.3 Å². The van der Waals surface area contributed by atoms with Gasteiger partial charge in [-0.15, -0.1) is 10.2 Å². The van der Waals surface area contributed by atoms with E-state index in [0.29, 0.717) is 33.8 Å². The van der Waals surface area contributed by atoms with Crippen LogP contribution >= 0.6 is 11.8 Å². The van der Waals surface area contributed by atoms with E-state index in [2.05, 4.69) is 25.7 Å².